The van der Waals surface area contributed by atoms with Gasteiger partial charge in [0.15, 0.2) is 5.76 Å². The zero-order valence-corrected chi connectivity index (χ0v) is 13.4. The van der Waals surface area contributed by atoms with E-state index < -0.39 is 0 Å². The molecule has 2 heterocycles. The van der Waals surface area contributed by atoms with Gasteiger partial charge in [0.25, 0.3) is 5.91 Å². The second-order valence-corrected chi connectivity index (χ2v) is 6.75. The lowest BCUT2D eigenvalue weighted by Crippen LogP contribution is -2.27. The molecular weight excluding hydrogens is 296 g/mol. The predicted molar refractivity (Wildman–Crippen MR) is 80.5 cm³/mol. The van der Waals surface area contributed by atoms with Crippen molar-refractivity contribution >= 4 is 28.8 Å². The van der Waals surface area contributed by atoms with Crippen molar-refractivity contribution in [1.29, 1.82) is 0 Å². The van der Waals surface area contributed by atoms with Gasteiger partial charge in [0.1, 0.15) is 5.56 Å². The van der Waals surface area contributed by atoms with Gasteiger partial charge in [0, 0.05) is 10.8 Å². The Morgan fingerprint density at radius 2 is 2.10 bits per heavy atom. The quantitative estimate of drug-likeness (QED) is 0.915. The van der Waals surface area contributed by atoms with Gasteiger partial charge in [-0.3, -0.25) is 4.79 Å². The maximum atomic E-state index is 12.4. The fourth-order valence-electron chi connectivity index (χ4n) is 1.96. The Morgan fingerprint density at radius 3 is 2.65 bits per heavy atom. The van der Waals surface area contributed by atoms with E-state index >= 15 is 0 Å². The number of halogens is 1. The summed E-state index contributed by atoms with van der Waals surface area (Å²) in [6.45, 7) is 7.65. The van der Waals surface area contributed by atoms with E-state index in [9.17, 15) is 4.79 Å². The van der Waals surface area contributed by atoms with Gasteiger partial charge in [-0.15, -0.1) is 11.3 Å². The SMILES string of the molecule is Cc1noc(C(C)C)c1C(=O)NC(C)c1ccc(Cl)s1. The molecule has 6 heteroatoms. The minimum Gasteiger partial charge on any atom is -0.360 e. The number of hydrogen-bond donors (Lipinski definition) is 1. The average molecular weight is 313 g/mol. The maximum absolute atomic E-state index is 12.4. The number of aromatic nitrogens is 1. The van der Waals surface area contributed by atoms with Crippen LogP contribution in [0, 0.1) is 6.92 Å². The van der Waals surface area contributed by atoms with E-state index in [1.807, 2.05) is 32.9 Å². The van der Waals surface area contributed by atoms with E-state index in [4.69, 9.17) is 16.1 Å². The van der Waals surface area contributed by atoms with Crippen LogP contribution in [0.2, 0.25) is 4.34 Å². The summed E-state index contributed by atoms with van der Waals surface area (Å²) in [6, 6.07) is 3.64. The van der Waals surface area contributed by atoms with E-state index in [1.54, 1.807) is 6.92 Å². The molecule has 0 radical (unpaired) electrons. The lowest BCUT2D eigenvalue weighted by atomic mass is 10.0. The first-order valence-corrected chi connectivity index (χ1v) is 7.61. The summed E-state index contributed by atoms with van der Waals surface area (Å²) in [5.41, 5.74) is 1.15. The van der Waals surface area contributed by atoms with Crippen LogP contribution in [0.15, 0.2) is 16.7 Å². The second-order valence-electron chi connectivity index (χ2n) is 5.00. The molecule has 0 aromatic carbocycles. The first-order chi connectivity index (χ1) is 9.40. The number of amides is 1. The Morgan fingerprint density at radius 1 is 1.40 bits per heavy atom. The highest BCUT2D eigenvalue weighted by molar-refractivity contribution is 7.16. The van der Waals surface area contributed by atoms with Gasteiger partial charge >= 0.3 is 0 Å². The maximum Gasteiger partial charge on any atom is 0.257 e. The first kappa shape index (κ1) is 15.1. The second kappa shape index (κ2) is 5.97. The molecule has 0 fully saturated rings. The van der Waals surface area contributed by atoms with Crippen molar-refractivity contribution in [2.24, 2.45) is 0 Å². The molecule has 108 valence electrons. The van der Waals surface area contributed by atoms with Gasteiger partial charge in [-0.2, -0.15) is 0 Å². The molecule has 20 heavy (non-hydrogen) atoms. The fourth-order valence-corrected chi connectivity index (χ4v) is 3.02. The summed E-state index contributed by atoms with van der Waals surface area (Å²) in [7, 11) is 0. The third-order valence-electron chi connectivity index (χ3n) is 3.01. The Hall–Kier alpha value is -1.33. The Balaban J connectivity index is 2.18. The van der Waals surface area contributed by atoms with Crippen molar-refractivity contribution < 1.29 is 9.32 Å². The van der Waals surface area contributed by atoms with Crippen LogP contribution in [0.5, 0.6) is 0 Å². The molecule has 0 aliphatic carbocycles. The number of hydrogen-bond acceptors (Lipinski definition) is 4. The molecule has 2 aromatic rings. The summed E-state index contributed by atoms with van der Waals surface area (Å²) >= 11 is 7.37. The molecule has 0 saturated heterocycles. The van der Waals surface area contributed by atoms with Crippen molar-refractivity contribution in [2.45, 2.75) is 39.7 Å². The lowest BCUT2D eigenvalue weighted by Gasteiger charge is -2.12. The number of carbonyl (C=O) groups is 1. The largest absolute Gasteiger partial charge is 0.360 e. The smallest absolute Gasteiger partial charge is 0.257 e. The highest BCUT2D eigenvalue weighted by Crippen LogP contribution is 2.28. The number of thiophene rings is 1. The molecule has 0 aliphatic rings. The number of rotatable bonds is 4. The average Bonchev–Trinajstić information content (AvgIpc) is 2.95. The molecule has 0 bridgehead atoms. The van der Waals surface area contributed by atoms with E-state index in [2.05, 4.69) is 10.5 Å². The van der Waals surface area contributed by atoms with Crippen LogP contribution in [0.4, 0.5) is 0 Å². The molecule has 2 aromatic heterocycles. The van der Waals surface area contributed by atoms with Crippen molar-refractivity contribution in [1.82, 2.24) is 10.5 Å². The first-order valence-electron chi connectivity index (χ1n) is 6.42. The predicted octanol–water partition coefficient (Wildman–Crippen LogP) is 4.31. The van der Waals surface area contributed by atoms with Crippen LogP contribution in [-0.2, 0) is 0 Å². The van der Waals surface area contributed by atoms with Gasteiger partial charge in [0.2, 0.25) is 0 Å². The molecule has 1 amide bonds. The van der Waals surface area contributed by atoms with Crippen molar-refractivity contribution in [3.63, 3.8) is 0 Å². The minimum absolute atomic E-state index is 0.102. The summed E-state index contributed by atoms with van der Waals surface area (Å²) in [5.74, 6) is 0.573. The van der Waals surface area contributed by atoms with E-state index in [-0.39, 0.29) is 17.9 Å². The van der Waals surface area contributed by atoms with E-state index in [1.165, 1.54) is 11.3 Å². The van der Waals surface area contributed by atoms with Crippen molar-refractivity contribution in [3.05, 3.63) is 38.4 Å². The van der Waals surface area contributed by atoms with Gasteiger partial charge in [-0.25, -0.2) is 0 Å². The molecule has 0 aliphatic heterocycles. The Bertz CT molecular complexity index is 618. The zero-order chi connectivity index (χ0) is 14.9. The molecule has 1 atom stereocenters. The number of carbonyl (C=O) groups excluding carboxylic acids is 1. The van der Waals surface area contributed by atoms with Gasteiger partial charge in [-0.1, -0.05) is 30.6 Å². The standard InChI is InChI=1S/C14H17ClN2O2S/c1-7(2)13-12(9(4)17-19-13)14(18)16-8(3)10-5-6-11(15)20-10/h5-8H,1-4H3,(H,16,18). The van der Waals surface area contributed by atoms with Crippen LogP contribution in [0.1, 0.15) is 59.4 Å². The summed E-state index contributed by atoms with van der Waals surface area (Å²) in [6.07, 6.45) is 0. The summed E-state index contributed by atoms with van der Waals surface area (Å²) in [5, 5.41) is 6.85. The molecule has 0 spiro atoms. The van der Waals surface area contributed by atoms with Crippen LogP contribution in [0.25, 0.3) is 0 Å². The van der Waals surface area contributed by atoms with Crippen LogP contribution >= 0.6 is 22.9 Å². The van der Waals surface area contributed by atoms with Crippen molar-refractivity contribution in [2.75, 3.05) is 0 Å². The molecule has 1 N–H and O–H groups in total. The summed E-state index contributed by atoms with van der Waals surface area (Å²) in [4.78, 5) is 13.4. The highest BCUT2D eigenvalue weighted by atomic mass is 35.5. The van der Waals surface area contributed by atoms with Crippen molar-refractivity contribution in [3.8, 4) is 0 Å². The van der Waals surface area contributed by atoms with Crippen LogP contribution in [-0.4, -0.2) is 11.1 Å². The molecular formula is C14H17ClN2O2S. The monoisotopic (exact) mass is 312 g/mol. The van der Waals surface area contributed by atoms with E-state index in [0.29, 0.717) is 21.4 Å². The third kappa shape index (κ3) is 3.04. The zero-order valence-electron chi connectivity index (χ0n) is 11.9. The van der Waals surface area contributed by atoms with Crippen LogP contribution < -0.4 is 5.32 Å². The summed E-state index contributed by atoms with van der Waals surface area (Å²) < 4.78 is 5.95. The number of aryl methyl sites for hydroxylation is 1. The van der Waals surface area contributed by atoms with E-state index in [0.717, 1.165) is 4.88 Å². The molecule has 4 nitrogen and oxygen atoms in total. The lowest BCUT2D eigenvalue weighted by molar-refractivity contribution is 0.0937. The number of nitrogens with zero attached hydrogens (tertiary/aromatic N) is 1. The minimum atomic E-state index is -0.163. The third-order valence-corrected chi connectivity index (χ3v) is 4.42. The normalized spacial score (nSPS) is 12.7. The molecule has 0 saturated carbocycles. The van der Waals surface area contributed by atoms with Gasteiger partial charge < -0.3 is 9.84 Å². The Kier molecular flexibility index (Phi) is 4.50. The number of nitrogens with one attached hydrogen (secondary N) is 1. The van der Waals surface area contributed by atoms with Crippen LogP contribution in [0.3, 0.4) is 0 Å². The molecule has 1 unspecified atom stereocenters. The highest BCUT2D eigenvalue weighted by Gasteiger charge is 2.24. The molecule has 2 rings (SSSR count). The Labute approximate surface area is 127 Å². The van der Waals surface area contributed by atoms with Gasteiger partial charge in [-0.05, 0) is 26.0 Å². The van der Waals surface area contributed by atoms with Gasteiger partial charge in [0.05, 0.1) is 16.1 Å². The fraction of sp³-hybridized carbons (Fsp3) is 0.429. The topological polar surface area (TPSA) is 55.1 Å².